The minimum absolute atomic E-state index is 0.111. The van der Waals surface area contributed by atoms with Crippen molar-refractivity contribution in [2.75, 3.05) is 53.0 Å². The molecule has 2 aliphatic rings. The Labute approximate surface area is 98.2 Å². The lowest BCUT2D eigenvalue weighted by atomic mass is 9.89. The average molecular weight is 228 g/mol. The maximum atomic E-state index is 8.87. The van der Waals surface area contributed by atoms with E-state index in [1.165, 1.54) is 0 Å². The molecule has 2 fully saturated rings. The molecule has 0 saturated carbocycles. The summed E-state index contributed by atoms with van der Waals surface area (Å²) in [5.41, 5.74) is 0.111. The molecule has 4 nitrogen and oxygen atoms in total. The normalized spacial score (nSPS) is 27.4. The highest BCUT2D eigenvalue weighted by atomic mass is 16.5. The molecular formula is C12H24N2O2. The summed E-state index contributed by atoms with van der Waals surface area (Å²) in [6, 6.07) is 0. The molecule has 1 N–H and O–H groups in total. The van der Waals surface area contributed by atoms with Crippen LogP contribution in [0.15, 0.2) is 0 Å². The number of hydrogen-bond donors (Lipinski definition) is 1. The predicted molar refractivity (Wildman–Crippen MR) is 63.6 cm³/mol. The van der Waals surface area contributed by atoms with Crippen LogP contribution in [0, 0.1) is 0 Å². The van der Waals surface area contributed by atoms with E-state index >= 15 is 0 Å². The van der Waals surface area contributed by atoms with Gasteiger partial charge in [0.2, 0.25) is 0 Å². The van der Waals surface area contributed by atoms with E-state index in [0.29, 0.717) is 6.61 Å². The molecule has 2 saturated heterocycles. The van der Waals surface area contributed by atoms with Crippen molar-refractivity contribution in [1.82, 2.24) is 9.80 Å². The zero-order valence-corrected chi connectivity index (χ0v) is 10.3. The summed E-state index contributed by atoms with van der Waals surface area (Å²) in [7, 11) is 2.18. The van der Waals surface area contributed by atoms with Gasteiger partial charge in [-0.05, 0) is 26.3 Å². The van der Waals surface area contributed by atoms with E-state index in [0.717, 1.165) is 58.6 Å². The lowest BCUT2D eigenvalue weighted by molar-refractivity contribution is -0.134. The number of hydrogen-bond acceptors (Lipinski definition) is 4. The molecule has 0 aliphatic carbocycles. The number of morpholine rings is 1. The smallest absolute Gasteiger partial charge is 0.0833 e. The van der Waals surface area contributed by atoms with E-state index in [1.807, 2.05) is 0 Å². The molecule has 2 rings (SSSR count). The first-order chi connectivity index (χ1) is 7.74. The molecule has 2 heterocycles. The molecule has 0 aromatic heterocycles. The molecule has 0 aromatic carbocycles. The number of aliphatic hydroxyl groups excluding tert-OH is 1. The van der Waals surface area contributed by atoms with E-state index < -0.39 is 0 Å². The highest BCUT2D eigenvalue weighted by molar-refractivity contribution is 4.92. The van der Waals surface area contributed by atoms with E-state index in [4.69, 9.17) is 9.84 Å². The fraction of sp³-hybridized carbons (Fsp3) is 1.00. The Morgan fingerprint density at radius 2 is 2.00 bits per heavy atom. The van der Waals surface area contributed by atoms with Gasteiger partial charge in [0.1, 0.15) is 0 Å². The van der Waals surface area contributed by atoms with Crippen molar-refractivity contribution in [3.05, 3.63) is 0 Å². The van der Waals surface area contributed by atoms with Gasteiger partial charge in [-0.1, -0.05) is 0 Å². The first-order valence-corrected chi connectivity index (χ1v) is 6.40. The van der Waals surface area contributed by atoms with Gasteiger partial charge in [-0.3, -0.25) is 4.90 Å². The van der Waals surface area contributed by atoms with Gasteiger partial charge in [0, 0.05) is 39.3 Å². The van der Waals surface area contributed by atoms with Crippen LogP contribution in [0.25, 0.3) is 0 Å². The lowest BCUT2D eigenvalue weighted by Gasteiger charge is -2.46. The molecule has 1 spiro atoms. The molecule has 0 unspecified atom stereocenters. The third kappa shape index (κ3) is 2.94. The van der Waals surface area contributed by atoms with Crippen molar-refractivity contribution < 1.29 is 9.84 Å². The predicted octanol–water partition coefficient (Wildman–Crippen LogP) is 0.165. The Bertz CT molecular complexity index is 215. The minimum atomic E-state index is 0.111. The molecule has 2 aliphatic heterocycles. The van der Waals surface area contributed by atoms with Crippen molar-refractivity contribution in [3.8, 4) is 0 Å². The largest absolute Gasteiger partial charge is 0.396 e. The Kier molecular flexibility index (Phi) is 4.19. The summed E-state index contributed by atoms with van der Waals surface area (Å²) in [4.78, 5) is 4.83. The molecule has 4 heteroatoms. The van der Waals surface area contributed by atoms with E-state index in [1.54, 1.807) is 0 Å². The van der Waals surface area contributed by atoms with Crippen LogP contribution >= 0.6 is 0 Å². The fourth-order valence-electron chi connectivity index (χ4n) is 2.74. The number of likely N-dealkylation sites (tertiary alicyclic amines) is 1. The van der Waals surface area contributed by atoms with Crippen molar-refractivity contribution >= 4 is 0 Å². The second-order valence-corrected chi connectivity index (χ2v) is 5.19. The van der Waals surface area contributed by atoms with Crippen LogP contribution in [0.4, 0.5) is 0 Å². The summed E-state index contributed by atoms with van der Waals surface area (Å²) >= 11 is 0. The summed E-state index contributed by atoms with van der Waals surface area (Å²) in [5, 5.41) is 8.87. The number of rotatable bonds is 3. The van der Waals surface area contributed by atoms with Crippen molar-refractivity contribution in [2.24, 2.45) is 0 Å². The second-order valence-electron chi connectivity index (χ2n) is 5.19. The highest BCUT2D eigenvalue weighted by Crippen LogP contribution is 2.29. The topological polar surface area (TPSA) is 35.9 Å². The van der Waals surface area contributed by atoms with Crippen molar-refractivity contribution in [1.29, 1.82) is 0 Å². The Morgan fingerprint density at radius 3 is 2.69 bits per heavy atom. The number of aliphatic hydroxyl groups is 1. The average Bonchev–Trinajstić information content (AvgIpc) is 2.31. The molecular weight excluding hydrogens is 204 g/mol. The molecule has 0 aromatic rings. The van der Waals surface area contributed by atoms with Crippen molar-refractivity contribution in [2.45, 2.75) is 24.9 Å². The zero-order valence-electron chi connectivity index (χ0n) is 10.3. The van der Waals surface area contributed by atoms with Crippen LogP contribution < -0.4 is 0 Å². The molecule has 0 amide bonds. The van der Waals surface area contributed by atoms with Crippen LogP contribution in [0.1, 0.15) is 19.3 Å². The number of nitrogens with zero attached hydrogens (tertiary/aromatic N) is 2. The molecule has 16 heavy (non-hydrogen) atoms. The first kappa shape index (κ1) is 12.3. The van der Waals surface area contributed by atoms with Gasteiger partial charge < -0.3 is 14.7 Å². The Balaban J connectivity index is 1.85. The number of ether oxygens (including phenoxy) is 1. The first-order valence-electron chi connectivity index (χ1n) is 6.40. The summed E-state index contributed by atoms with van der Waals surface area (Å²) in [6.45, 7) is 6.54. The van der Waals surface area contributed by atoms with Crippen LogP contribution in [-0.4, -0.2) is 73.5 Å². The quantitative estimate of drug-likeness (QED) is 0.747. The van der Waals surface area contributed by atoms with Gasteiger partial charge in [-0.15, -0.1) is 0 Å². The van der Waals surface area contributed by atoms with Crippen molar-refractivity contribution in [3.63, 3.8) is 0 Å². The summed E-state index contributed by atoms with van der Waals surface area (Å²) in [5.74, 6) is 0. The fourth-order valence-corrected chi connectivity index (χ4v) is 2.74. The van der Waals surface area contributed by atoms with E-state index in [9.17, 15) is 0 Å². The maximum Gasteiger partial charge on any atom is 0.0833 e. The zero-order chi connectivity index (χ0) is 11.4. The Hall–Kier alpha value is -0.160. The van der Waals surface area contributed by atoms with Gasteiger partial charge in [0.15, 0.2) is 0 Å². The van der Waals surface area contributed by atoms with E-state index in [2.05, 4.69) is 16.8 Å². The third-order valence-corrected chi connectivity index (χ3v) is 3.86. The van der Waals surface area contributed by atoms with Gasteiger partial charge in [0.05, 0.1) is 12.2 Å². The van der Waals surface area contributed by atoms with Crippen LogP contribution in [0.3, 0.4) is 0 Å². The van der Waals surface area contributed by atoms with Crippen LogP contribution in [0.5, 0.6) is 0 Å². The van der Waals surface area contributed by atoms with Gasteiger partial charge in [-0.25, -0.2) is 0 Å². The molecule has 0 radical (unpaired) electrons. The summed E-state index contributed by atoms with van der Waals surface area (Å²) in [6.07, 6.45) is 3.19. The minimum Gasteiger partial charge on any atom is -0.396 e. The molecule has 0 bridgehead atoms. The third-order valence-electron chi connectivity index (χ3n) is 3.86. The monoisotopic (exact) mass is 228 g/mol. The summed E-state index contributed by atoms with van der Waals surface area (Å²) < 4.78 is 6.03. The standard InChI is InChI=1S/C12H24N2O2/c1-13-6-3-12(4-7-13)11-14(5-2-9-15)8-10-16-12/h15H,2-11H2,1H3. The molecule has 0 atom stereocenters. The number of piperidine rings is 1. The van der Waals surface area contributed by atoms with Gasteiger partial charge in [-0.2, -0.15) is 0 Å². The SMILES string of the molecule is CN1CCC2(CC1)CN(CCCO)CCO2. The van der Waals surface area contributed by atoms with Crippen LogP contribution in [-0.2, 0) is 4.74 Å². The van der Waals surface area contributed by atoms with E-state index in [-0.39, 0.29) is 5.60 Å². The molecule has 94 valence electrons. The maximum absolute atomic E-state index is 8.87. The lowest BCUT2D eigenvalue weighted by Crippen LogP contribution is -2.56. The van der Waals surface area contributed by atoms with Gasteiger partial charge in [0.25, 0.3) is 0 Å². The highest BCUT2D eigenvalue weighted by Gasteiger charge is 2.38. The Morgan fingerprint density at radius 1 is 1.25 bits per heavy atom. The second kappa shape index (κ2) is 5.45. The van der Waals surface area contributed by atoms with Crippen LogP contribution in [0.2, 0.25) is 0 Å². The van der Waals surface area contributed by atoms with Gasteiger partial charge >= 0.3 is 0 Å².